The van der Waals surface area contributed by atoms with Crippen LogP contribution in [0.25, 0.3) is 0 Å². The van der Waals surface area contributed by atoms with Crippen LogP contribution in [0.2, 0.25) is 0 Å². The molecule has 0 aliphatic carbocycles. The molecule has 5 nitrogen and oxygen atoms in total. The van der Waals surface area contributed by atoms with E-state index in [-0.39, 0.29) is 0 Å². The Morgan fingerprint density at radius 1 is 1.43 bits per heavy atom. The van der Waals surface area contributed by atoms with E-state index in [4.69, 9.17) is 0 Å². The molecule has 0 aromatic carbocycles. The predicted molar refractivity (Wildman–Crippen MR) is 51.8 cm³/mol. The molecule has 74 valence electrons. The first-order chi connectivity index (χ1) is 6.95. The molecule has 0 unspecified atom stereocenters. The summed E-state index contributed by atoms with van der Waals surface area (Å²) >= 11 is 1.65. The Hall–Kier alpha value is -1.27. The SMILES string of the molecule is c1csc(CNCCc2ncon2)n1. The Morgan fingerprint density at radius 3 is 3.14 bits per heavy atom. The van der Waals surface area contributed by atoms with E-state index in [0.717, 1.165) is 30.3 Å². The van der Waals surface area contributed by atoms with Crippen molar-refractivity contribution in [2.24, 2.45) is 0 Å². The standard InChI is InChI=1S/C8H10N4OS/c1(7-11-6-13-12-7)2-9-5-8-10-3-4-14-8/h3-4,6,9H,1-2,5H2. The predicted octanol–water partition coefficient (Wildman–Crippen LogP) is 0.858. The molecule has 2 heterocycles. The average Bonchev–Trinajstić information content (AvgIpc) is 2.86. The summed E-state index contributed by atoms with van der Waals surface area (Å²) in [5, 5.41) is 10.0. The maximum Gasteiger partial charge on any atom is 0.213 e. The highest BCUT2D eigenvalue weighted by molar-refractivity contribution is 7.09. The molecule has 0 aliphatic rings. The van der Waals surface area contributed by atoms with E-state index in [1.807, 2.05) is 5.38 Å². The largest absolute Gasteiger partial charge is 0.343 e. The van der Waals surface area contributed by atoms with Gasteiger partial charge in [-0.3, -0.25) is 0 Å². The van der Waals surface area contributed by atoms with E-state index in [2.05, 4.69) is 25.0 Å². The molecular formula is C8H10N4OS. The lowest BCUT2D eigenvalue weighted by atomic mass is 10.4. The Bertz CT molecular complexity index is 309. The van der Waals surface area contributed by atoms with E-state index in [1.165, 1.54) is 6.39 Å². The molecule has 0 saturated heterocycles. The van der Waals surface area contributed by atoms with E-state index < -0.39 is 0 Å². The van der Waals surface area contributed by atoms with Crippen molar-refractivity contribution in [1.29, 1.82) is 0 Å². The summed E-state index contributed by atoms with van der Waals surface area (Å²) in [6, 6.07) is 0. The smallest absolute Gasteiger partial charge is 0.213 e. The molecular weight excluding hydrogens is 200 g/mol. The van der Waals surface area contributed by atoms with Crippen molar-refractivity contribution in [3.8, 4) is 0 Å². The van der Waals surface area contributed by atoms with Crippen molar-refractivity contribution in [3.05, 3.63) is 28.8 Å². The summed E-state index contributed by atoms with van der Waals surface area (Å²) in [6.07, 6.45) is 3.93. The lowest BCUT2D eigenvalue weighted by molar-refractivity contribution is 0.409. The minimum absolute atomic E-state index is 0.733. The molecule has 1 N–H and O–H groups in total. The van der Waals surface area contributed by atoms with Crippen LogP contribution in [0.1, 0.15) is 10.8 Å². The number of thiazole rings is 1. The molecule has 2 rings (SSSR count). The van der Waals surface area contributed by atoms with Crippen LogP contribution in [0.5, 0.6) is 0 Å². The fourth-order valence-corrected chi connectivity index (χ4v) is 1.62. The number of hydrogen-bond acceptors (Lipinski definition) is 6. The molecule has 0 bridgehead atoms. The van der Waals surface area contributed by atoms with Crippen molar-refractivity contribution in [1.82, 2.24) is 20.4 Å². The third-order valence-corrected chi connectivity index (χ3v) is 2.47. The monoisotopic (exact) mass is 210 g/mol. The third-order valence-electron chi connectivity index (χ3n) is 1.69. The maximum absolute atomic E-state index is 4.62. The maximum atomic E-state index is 4.62. The van der Waals surface area contributed by atoms with Crippen LogP contribution >= 0.6 is 11.3 Å². The zero-order valence-corrected chi connectivity index (χ0v) is 8.33. The average molecular weight is 210 g/mol. The van der Waals surface area contributed by atoms with E-state index in [9.17, 15) is 0 Å². The van der Waals surface area contributed by atoms with Crippen LogP contribution in [-0.4, -0.2) is 21.7 Å². The fourth-order valence-electron chi connectivity index (χ4n) is 1.04. The van der Waals surface area contributed by atoms with Crippen molar-refractivity contribution < 1.29 is 4.52 Å². The summed E-state index contributed by atoms with van der Waals surface area (Å²) in [5.74, 6) is 0.733. The van der Waals surface area contributed by atoms with Gasteiger partial charge < -0.3 is 9.84 Å². The third kappa shape index (κ3) is 2.61. The summed E-state index contributed by atoms with van der Waals surface area (Å²) in [7, 11) is 0. The van der Waals surface area contributed by atoms with Gasteiger partial charge in [0.05, 0.1) is 0 Å². The van der Waals surface area contributed by atoms with E-state index in [0.29, 0.717) is 0 Å². The first kappa shape index (κ1) is 9.29. The molecule has 2 aromatic rings. The second kappa shape index (κ2) is 4.83. The highest BCUT2D eigenvalue weighted by Crippen LogP contribution is 2.02. The molecule has 0 fully saturated rings. The van der Waals surface area contributed by atoms with Crippen LogP contribution in [0.15, 0.2) is 22.5 Å². The quantitative estimate of drug-likeness (QED) is 0.741. The zero-order valence-electron chi connectivity index (χ0n) is 7.51. The molecule has 0 aliphatic heterocycles. The lowest BCUT2D eigenvalue weighted by Crippen LogP contribution is -2.16. The van der Waals surface area contributed by atoms with Crippen molar-refractivity contribution in [2.45, 2.75) is 13.0 Å². The molecule has 2 aromatic heterocycles. The van der Waals surface area contributed by atoms with Crippen LogP contribution in [0, 0.1) is 0 Å². The van der Waals surface area contributed by atoms with Crippen molar-refractivity contribution >= 4 is 11.3 Å². The number of rotatable bonds is 5. The van der Waals surface area contributed by atoms with Gasteiger partial charge in [-0.2, -0.15) is 4.98 Å². The van der Waals surface area contributed by atoms with Crippen molar-refractivity contribution in [2.75, 3.05) is 6.54 Å². The second-order valence-corrected chi connectivity index (χ2v) is 3.68. The van der Waals surface area contributed by atoms with Gasteiger partial charge in [-0.15, -0.1) is 11.3 Å². The van der Waals surface area contributed by atoms with Gasteiger partial charge in [-0.25, -0.2) is 4.98 Å². The highest BCUT2D eigenvalue weighted by atomic mass is 32.1. The molecule has 0 saturated carbocycles. The number of nitrogens with zero attached hydrogens (tertiary/aromatic N) is 3. The molecule has 0 atom stereocenters. The normalized spacial score (nSPS) is 10.6. The fraction of sp³-hybridized carbons (Fsp3) is 0.375. The Balaban J connectivity index is 1.65. The highest BCUT2D eigenvalue weighted by Gasteiger charge is 1.98. The van der Waals surface area contributed by atoms with E-state index in [1.54, 1.807) is 17.5 Å². The number of nitrogens with one attached hydrogen (secondary N) is 1. The number of hydrogen-bond donors (Lipinski definition) is 1. The van der Waals surface area contributed by atoms with Gasteiger partial charge in [0.15, 0.2) is 5.82 Å². The van der Waals surface area contributed by atoms with Crippen LogP contribution < -0.4 is 5.32 Å². The van der Waals surface area contributed by atoms with Gasteiger partial charge in [-0.05, 0) is 0 Å². The summed E-state index contributed by atoms with van der Waals surface area (Å²) in [6.45, 7) is 1.63. The van der Waals surface area contributed by atoms with Gasteiger partial charge in [0.1, 0.15) is 5.01 Å². The molecule has 0 spiro atoms. The Kier molecular flexibility index (Phi) is 3.20. The van der Waals surface area contributed by atoms with Crippen LogP contribution in [0.4, 0.5) is 0 Å². The topological polar surface area (TPSA) is 63.8 Å². The van der Waals surface area contributed by atoms with Gasteiger partial charge >= 0.3 is 0 Å². The van der Waals surface area contributed by atoms with Crippen LogP contribution in [-0.2, 0) is 13.0 Å². The Labute approximate surface area is 85.2 Å². The minimum atomic E-state index is 0.733. The van der Waals surface area contributed by atoms with Gasteiger partial charge in [-0.1, -0.05) is 5.16 Å². The second-order valence-electron chi connectivity index (χ2n) is 2.70. The minimum Gasteiger partial charge on any atom is -0.343 e. The summed E-state index contributed by atoms with van der Waals surface area (Å²) in [5.41, 5.74) is 0. The number of aromatic nitrogens is 3. The first-order valence-corrected chi connectivity index (χ1v) is 5.17. The zero-order chi connectivity index (χ0) is 9.64. The first-order valence-electron chi connectivity index (χ1n) is 4.29. The van der Waals surface area contributed by atoms with Gasteiger partial charge in [0.25, 0.3) is 0 Å². The lowest BCUT2D eigenvalue weighted by Gasteiger charge is -1.98. The van der Waals surface area contributed by atoms with Gasteiger partial charge in [0, 0.05) is 31.1 Å². The Morgan fingerprint density at radius 2 is 2.43 bits per heavy atom. The van der Waals surface area contributed by atoms with E-state index >= 15 is 0 Å². The van der Waals surface area contributed by atoms with Gasteiger partial charge in [0.2, 0.25) is 6.39 Å². The van der Waals surface area contributed by atoms with Crippen LogP contribution in [0.3, 0.4) is 0 Å². The molecule has 14 heavy (non-hydrogen) atoms. The van der Waals surface area contributed by atoms with Crippen molar-refractivity contribution in [3.63, 3.8) is 0 Å². The summed E-state index contributed by atoms with van der Waals surface area (Å²) < 4.78 is 4.62. The summed E-state index contributed by atoms with van der Waals surface area (Å²) in [4.78, 5) is 8.08. The molecule has 6 heteroatoms. The molecule has 0 amide bonds. The molecule has 0 radical (unpaired) electrons.